The summed E-state index contributed by atoms with van der Waals surface area (Å²) >= 11 is 1.83. The molecule has 1 rings (SSSR count). The first-order chi connectivity index (χ1) is 8.04. The molecule has 0 saturated carbocycles. The Labute approximate surface area is 110 Å². The molecule has 0 aliphatic carbocycles. The second-order valence-electron chi connectivity index (χ2n) is 5.15. The first kappa shape index (κ1) is 14.7. The highest BCUT2D eigenvalue weighted by molar-refractivity contribution is 7.09. The molecule has 0 saturated heterocycles. The molecular formula is C14H26N2S. The van der Waals surface area contributed by atoms with Crippen molar-refractivity contribution in [1.82, 2.24) is 4.90 Å². The summed E-state index contributed by atoms with van der Waals surface area (Å²) in [6, 6.07) is 5.15. The molecule has 17 heavy (non-hydrogen) atoms. The third-order valence-corrected chi connectivity index (χ3v) is 4.35. The van der Waals surface area contributed by atoms with Crippen molar-refractivity contribution < 1.29 is 0 Å². The molecule has 2 unspecified atom stereocenters. The minimum absolute atomic E-state index is 0.280. The Balaban J connectivity index is 2.54. The molecule has 1 aromatic rings. The van der Waals surface area contributed by atoms with Gasteiger partial charge >= 0.3 is 0 Å². The van der Waals surface area contributed by atoms with E-state index >= 15 is 0 Å². The Kier molecular flexibility index (Phi) is 6.17. The molecule has 98 valence electrons. The minimum Gasteiger partial charge on any atom is -0.326 e. The van der Waals surface area contributed by atoms with Crippen molar-refractivity contribution in [3.05, 3.63) is 22.4 Å². The van der Waals surface area contributed by atoms with E-state index in [-0.39, 0.29) is 6.04 Å². The molecule has 2 N–H and O–H groups in total. The second-order valence-corrected chi connectivity index (χ2v) is 6.18. The first-order valence-corrected chi connectivity index (χ1v) is 7.44. The number of rotatable bonds is 7. The molecule has 1 heterocycles. The minimum atomic E-state index is 0.280. The molecule has 0 spiro atoms. The lowest BCUT2D eigenvalue weighted by atomic mass is 9.99. The van der Waals surface area contributed by atoms with Crippen LogP contribution < -0.4 is 5.73 Å². The third kappa shape index (κ3) is 4.78. The lowest BCUT2D eigenvalue weighted by Gasteiger charge is -2.31. The number of nitrogens with zero attached hydrogens (tertiary/aromatic N) is 1. The zero-order valence-electron chi connectivity index (χ0n) is 11.5. The van der Waals surface area contributed by atoms with Gasteiger partial charge < -0.3 is 5.73 Å². The van der Waals surface area contributed by atoms with Gasteiger partial charge in [-0.1, -0.05) is 26.3 Å². The number of hydrogen-bond acceptors (Lipinski definition) is 3. The van der Waals surface area contributed by atoms with Gasteiger partial charge in [0.25, 0.3) is 0 Å². The van der Waals surface area contributed by atoms with E-state index in [0.29, 0.717) is 12.0 Å². The average Bonchev–Trinajstić information content (AvgIpc) is 2.79. The summed E-state index contributed by atoms with van der Waals surface area (Å²) in [6.07, 6.45) is 1.16. The van der Waals surface area contributed by atoms with E-state index < -0.39 is 0 Å². The van der Waals surface area contributed by atoms with Crippen LogP contribution in [0.2, 0.25) is 0 Å². The summed E-state index contributed by atoms with van der Waals surface area (Å²) < 4.78 is 0. The van der Waals surface area contributed by atoms with Crippen LogP contribution in [0, 0.1) is 5.92 Å². The molecule has 0 fully saturated rings. The fraction of sp³-hybridized carbons (Fsp3) is 0.714. The fourth-order valence-corrected chi connectivity index (χ4v) is 2.54. The Morgan fingerprint density at radius 3 is 2.53 bits per heavy atom. The number of thiophene rings is 1. The number of nitrogens with two attached hydrogens (primary N) is 1. The second kappa shape index (κ2) is 7.14. The van der Waals surface area contributed by atoms with E-state index in [1.165, 1.54) is 4.88 Å². The van der Waals surface area contributed by atoms with Crippen LogP contribution in [0.3, 0.4) is 0 Å². The van der Waals surface area contributed by atoms with E-state index in [1.54, 1.807) is 0 Å². The lowest BCUT2D eigenvalue weighted by Crippen LogP contribution is -2.43. The Morgan fingerprint density at radius 1 is 1.35 bits per heavy atom. The normalized spacial score (nSPS) is 15.5. The molecule has 0 aromatic carbocycles. The van der Waals surface area contributed by atoms with E-state index in [1.807, 2.05) is 11.3 Å². The van der Waals surface area contributed by atoms with Crippen LogP contribution in [0.1, 0.15) is 39.0 Å². The standard InChI is InChI=1S/C14H26N2S/c1-5-12(4)14(15)10-16(11(2)3)9-13-7-6-8-17-13/h6-8,11-12,14H,5,9-10,15H2,1-4H3. The van der Waals surface area contributed by atoms with Crippen molar-refractivity contribution >= 4 is 11.3 Å². The molecule has 0 aliphatic heterocycles. The van der Waals surface area contributed by atoms with Gasteiger partial charge in [-0.15, -0.1) is 11.3 Å². The van der Waals surface area contributed by atoms with Crippen LogP contribution in [0.4, 0.5) is 0 Å². The average molecular weight is 254 g/mol. The largest absolute Gasteiger partial charge is 0.326 e. The van der Waals surface area contributed by atoms with E-state index in [2.05, 4.69) is 50.1 Å². The Morgan fingerprint density at radius 2 is 2.06 bits per heavy atom. The maximum absolute atomic E-state index is 6.26. The van der Waals surface area contributed by atoms with Crippen LogP contribution in [0.25, 0.3) is 0 Å². The van der Waals surface area contributed by atoms with Crippen molar-refractivity contribution in [2.45, 2.75) is 52.7 Å². The maximum atomic E-state index is 6.26. The maximum Gasteiger partial charge on any atom is 0.0331 e. The summed E-state index contributed by atoms with van der Waals surface area (Å²) in [4.78, 5) is 3.90. The monoisotopic (exact) mass is 254 g/mol. The third-order valence-electron chi connectivity index (χ3n) is 3.49. The molecule has 0 amide bonds. The quantitative estimate of drug-likeness (QED) is 0.808. The summed E-state index contributed by atoms with van der Waals surface area (Å²) in [5.41, 5.74) is 6.26. The lowest BCUT2D eigenvalue weighted by molar-refractivity contribution is 0.184. The highest BCUT2D eigenvalue weighted by Crippen LogP contribution is 2.16. The Hall–Kier alpha value is -0.380. The van der Waals surface area contributed by atoms with Crippen LogP contribution in [0.5, 0.6) is 0 Å². The van der Waals surface area contributed by atoms with Crippen molar-refractivity contribution in [3.63, 3.8) is 0 Å². The van der Waals surface area contributed by atoms with Gasteiger partial charge in [-0.2, -0.15) is 0 Å². The molecule has 2 nitrogen and oxygen atoms in total. The smallest absolute Gasteiger partial charge is 0.0331 e. The molecule has 3 heteroatoms. The van der Waals surface area contributed by atoms with Gasteiger partial charge in [0, 0.05) is 30.1 Å². The summed E-state index contributed by atoms with van der Waals surface area (Å²) in [7, 11) is 0. The zero-order valence-corrected chi connectivity index (χ0v) is 12.3. The molecular weight excluding hydrogens is 228 g/mol. The van der Waals surface area contributed by atoms with Gasteiger partial charge in [-0.3, -0.25) is 4.90 Å². The fourth-order valence-electron chi connectivity index (χ4n) is 1.81. The van der Waals surface area contributed by atoms with Crippen molar-refractivity contribution in [3.8, 4) is 0 Å². The summed E-state index contributed by atoms with van der Waals surface area (Å²) in [6.45, 7) is 11.0. The molecule has 1 aromatic heterocycles. The highest BCUT2D eigenvalue weighted by atomic mass is 32.1. The molecule has 0 radical (unpaired) electrons. The first-order valence-electron chi connectivity index (χ1n) is 6.56. The van der Waals surface area contributed by atoms with Gasteiger partial charge in [-0.05, 0) is 31.2 Å². The predicted molar refractivity (Wildman–Crippen MR) is 77.3 cm³/mol. The van der Waals surface area contributed by atoms with Crippen LogP contribution in [-0.4, -0.2) is 23.5 Å². The molecule has 0 aliphatic rings. The van der Waals surface area contributed by atoms with Gasteiger partial charge in [0.1, 0.15) is 0 Å². The SMILES string of the molecule is CCC(C)C(N)CN(Cc1cccs1)C(C)C. The van der Waals surface area contributed by atoms with E-state index in [9.17, 15) is 0 Å². The van der Waals surface area contributed by atoms with Gasteiger partial charge in [0.15, 0.2) is 0 Å². The predicted octanol–water partition coefficient (Wildman–Crippen LogP) is 3.33. The molecule has 2 atom stereocenters. The number of hydrogen-bond donors (Lipinski definition) is 1. The van der Waals surface area contributed by atoms with Gasteiger partial charge in [-0.25, -0.2) is 0 Å². The molecule has 0 bridgehead atoms. The van der Waals surface area contributed by atoms with Crippen LogP contribution >= 0.6 is 11.3 Å². The summed E-state index contributed by atoms with van der Waals surface area (Å²) in [5, 5.41) is 2.14. The Bertz CT molecular complexity index is 295. The van der Waals surface area contributed by atoms with Crippen LogP contribution in [0.15, 0.2) is 17.5 Å². The van der Waals surface area contributed by atoms with Crippen LogP contribution in [-0.2, 0) is 6.54 Å². The van der Waals surface area contributed by atoms with E-state index in [4.69, 9.17) is 5.73 Å². The van der Waals surface area contributed by atoms with Crippen molar-refractivity contribution in [2.24, 2.45) is 11.7 Å². The topological polar surface area (TPSA) is 29.3 Å². The van der Waals surface area contributed by atoms with Crippen molar-refractivity contribution in [1.29, 1.82) is 0 Å². The van der Waals surface area contributed by atoms with E-state index in [0.717, 1.165) is 19.5 Å². The van der Waals surface area contributed by atoms with Crippen molar-refractivity contribution in [2.75, 3.05) is 6.54 Å². The zero-order chi connectivity index (χ0) is 12.8. The van der Waals surface area contributed by atoms with Gasteiger partial charge in [0.05, 0.1) is 0 Å². The summed E-state index contributed by atoms with van der Waals surface area (Å²) in [5.74, 6) is 0.597. The highest BCUT2D eigenvalue weighted by Gasteiger charge is 2.18. The van der Waals surface area contributed by atoms with Gasteiger partial charge in [0.2, 0.25) is 0 Å².